The van der Waals surface area contributed by atoms with Crippen LogP contribution in [0.4, 0.5) is 0 Å². The Labute approximate surface area is 94.4 Å². The first-order chi connectivity index (χ1) is 7.83. The zero-order chi connectivity index (χ0) is 11.4. The average molecular weight is 224 g/mol. The van der Waals surface area contributed by atoms with E-state index in [2.05, 4.69) is 5.32 Å². The van der Waals surface area contributed by atoms with Crippen molar-refractivity contribution in [3.8, 4) is 0 Å². The second-order valence-electron chi connectivity index (χ2n) is 3.75. The summed E-state index contributed by atoms with van der Waals surface area (Å²) >= 11 is 0. The molecule has 0 spiro atoms. The van der Waals surface area contributed by atoms with Crippen molar-refractivity contribution < 1.29 is 13.9 Å². The van der Waals surface area contributed by atoms with Crippen molar-refractivity contribution in [3.63, 3.8) is 0 Å². The van der Waals surface area contributed by atoms with Gasteiger partial charge in [0.25, 0.3) is 5.91 Å². The summed E-state index contributed by atoms with van der Waals surface area (Å²) in [6, 6.07) is 1.78. The van der Waals surface area contributed by atoms with Gasteiger partial charge in [-0.15, -0.1) is 0 Å². The average Bonchev–Trinajstić information content (AvgIpc) is 2.78. The third-order valence-electron chi connectivity index (χ3n) is 2.65. The summed E-state index contributed by atoms with van der Waals surface area (Å²) in [6.45, 7) is 3.54. The van der Waals surface area contributed by atoms with Crippen molar-refractivity contribution in [2.45, 2.75) is 6.61 Å². The summed E-state index contributed by atoms with van der Waals surface area (Å²) in [4.78, 5) is 13.9. The van der Waals surface area contributed by atoms with Gasteiger partial charge in [-0.25, -0.2) is 0 Å². The lowest BCUT2D eigenvalue weighted by Crippen LogP contribution is -2.46. The molecule has 88 valence electrons. The molecule has 0 bridgehead atoms. The molecule has 5 nitrogen and oxygen atoms in total. The van der Waals surface area contributed by atoms with Crippen LogP contribution >= 0.6 is 0 Å². The number of hydrogen-bond donors (Lipinski definition) is 1. The number of rotatable bonds is 3. The molecule has 1 fully saturated rings. The first kappa shape index (κ1) is 11.2. The van der Waals surface area contributed by atoms with Crippen LogP contribution in [0, 0.1) is 0 Å². The fourth-order valence-corrected chi connectivity index (χ4v) is 1.80. The SMILES string of the molecule is COCc1ccoc1C(=O)N1CCNCC1. The highest BCUT2D eigenvalue weighted by Gasteiger charge is 2.23. The van der Waals surface area contributed by atoms with Gasteiger partial charge in [0.1, 0.15) is 0 Å². The van der Waals surface area contributed by atoms with Gasteiger partial charge < -0.3 is 19.4 Å². The van der Waals surface area contributed by atoms with Gasteiger partial charge in [-0.3, -0.25) is 4.79 Å². The molecule has 1 aromatic rings. The summed E-state index contributed by atoms with van der Waals surface area (Å²) in [5.74, 6) is 0.363. The molecule has 5 heteroatoms. The molecule has 0 saturated carbocycles. The fourth-order valence-electron chi connectivity index (χ4n) is 1.80. The number of methoxy groups -OCH3 is 1. The number of nitrogens with zero attached hydrogens (tertiary/aromatic N) is 1. The van der Waals surface area contributed by atoms with Crippen molar-refractivity contribution >= 4 is 5.91 Å². The molecule has 16 heavy (non-hydrogen) atoms. The lowest BCUT2D eigenvalue weighted by atomic mass is 10.2. The van der Waals surface area contributed by atoms with Crippen molar-refractivity contribution in [1.82, 2.24) is 10.2 Å². The van der Waals surface area contributed by atoms with E-state index in [1.807, 2.05) is 0 Å². The maximum absolute atomic E-state index is 12.1. The van der Waals surface area contributed by atoms with Crippen LogP contribution in [0.1, 0.15) is 16.1 Å². The van der Waals surface area contributed by atoms with Crippen molar-refractivity contribution in [2.75, 3.05) is 33.3 Å². The summed E-state index contributed by atoms with van der Waals surface area (Å²) in [5.41, 5.74) is 0.811. The van der Waals surface area contributed by atoms with Gasteiger partial charge in [0.15, 0.2) is 5.76 Å². The van der Waals surface area contributed by atoms with E-state index in [0.29, 0.717) is 12.4 Å². The summed E-state index contributed by atoms with van der Waals surface area (Å²) in [5, 5.41) is 3.21. The molecule has 0 radical (unpaired) electrons. The monoisotopic (exact) mass is 224 g/mol. The Kier molecular flexibility index (Phi) is 3.58. The van der Waals surface area contributed by atoms with Crippen LogP contribution in [0.15, 0.2) is 16.7 Å². The van der Waals surface area contributed by atoms with Crippen LogP contribution in [0.5, 0.6) is 0 Å². The van der Waals surface area contributed by atoms with Crippen LogP contribution in [0.2, 0.25) is 0 Å². The Balaban J connectivity index is 2.09. The maximum atomic E-state index is 12.1. The van der Waals surface area contributed by atoms with Gasteiger partial charge >= 0.3 is 0 Å². The lowest BCUT2D eigenvalue weighted by Gasteiger charge is -2.26. The summed E-state index contributed by atoms with van der Waals surface area (Å²) < 4.78 is 10.3. The molecule has 0 aromatic carbocycles. The molecule has 1 aliphatic heterocycles. The number of hydrogen-bond acceptors (Lipinski definition) is 4. The lowest BCUT2D eigenvalue weighted by molar-refractivity contribution is 0.0697. The predicted octanol–water partition coefficient (Wildman–Crippen LogP) is 0.471. The number of carbonyl (C=O) groups is 1. The molecule has 1 aliphatic rings. The quantitative estimate of drug-likeness (QED) is 0.811. The molecular weight excluding hydrogens is 208 g/mol. The molecule has 1 aromatic heterocycles. The third-order valence-corrected chi connectivity index (χ3v) is 2.65. The highest BCUT2D eigenvalue weighted by Crippen LogP contribution is 2.14. The van der Waals surface area contributed by atoms with Crippen LogP contribution in [0.25, 0.3) is 0 Å². The maximum Gasteiger partial charge on any atom is 0.290 e. The second kappa shape index (κ2) is 5.14. The van der Waals surface area contributed by atoms with E-state index in [1.165, 1.54) is 6.26 Å². The first-order valence-electron chi connectivity index (χ1n) is 5.38. The van der Waals surface area contributed by atoms with Crippen molar-refractivity contribution in [2.24, 2.45) is 0 Å². The number of furan rings is 1. The third kappa shape index (κ3) is 2.25. The van der Waals surface area contributed by atoms with E-state index >= 15 is 0 Å². The highest BCUT2D eigenvalue weighted by molar-refractivity contribution is 5.93. The van der Waals surface area contributed by atoms with Gasteiger partial charge in [0, 0.05) is 38.9 Å². The normalized spacial score (nSPS) is 16.4. The number of piperazine rings is 1. The van der Waals surface area contributed by atoms with Gasteiger partial charge in [-0.1, -0.05) is 0 Å². The largest absolute Gasteiger partial charge is 0.459 e. The van der Waals surface area contributed by atoms with Crippen LogP contribution < -0.4 is 5.32 Å². The number of ether oxygens (including phenoxy) is 1. The summed E-state index contributed by atoms with van der Waals surface area (Å²) in [7, 11) is 1.60. The molecule has 0 unspecified atom stereocenters. The topological polar surface area (TPSA) is 54.7 Å². The van der Waals surface area contributed by atoms with Gasteiger partial charge in [-0.05, 0) is 6.07 Å². The van der Waals surface area contributed by atoms with E-state index in [0.717, 1.165) is 31.7 Å². The Morgan fingerprint density at radius 2 is 2.31 bits per heavy atom. The zero-order valence-electron chi connectivity index (χ0n) is 9.36. The van der Waals surface area contributed by atoms with E-state index in [1.54, 1.807) is 18.1 Å². The number of carbonyl (C=O) groups excluding carboxylic acids is 1. The minimum Gasteiger partial charge on any atom is -0.459 e. The highest BCUT2D eigenvalue weighted by atomic mass is 16.5. The van der Waals surface area contributed by atoms with E-state index in [-0.39, 0.29) is 5.91 Å². The number of nitrogens with one attached hydrogen (secondary N) is 1. The van der Waals surface area contributed by atoms with Gasteiger partial charge in [0.05, 0.1) is 12.9 Å². The van der Waals surface area contributed by atoms with E-state index < -0.39 is 0 Å². The fraction of sp³-hybridized carbons (Fsp3) is 0.545. The number of amides is 1. The zero-order valence-corrected chi connectivity index (χ0v) is 9.36. The minimum atomic E-state index is -0.0430. The van der Waals surface area contributed by atoms with Crippen molar-refractivity contribution in [1.29, 1.82) is 0 Å². The Morgan fingerprint density at radius 3 is 3.00 bits per heavy atom. The van der Waals surface area contributed by atoms with E-state index in [9.17, 15) is 4.79 Å². The van der Waals surface area contributed by atoms with Gasteiger partial charge in [0.2, 0.25) is 0 Å². The minimum absolute atomic E-state index is 0.0430. The molecule has 1 amide bonds. The van der Waals surface area contributed by atoms with Crippen LogP contribution in [-0.2, 0) is 11.3 Å². The van der Waals surface area contributed by atoms with E-state index in [4.69, 9.17) is 9.15 Å². The Bertz CT molecular complexity index is 356. The predicted molar refractivity (Wildman–Crippen MR) is 58.2 cm³/mol. The first-order valence-corrected chi connectivity index (χ1v) is 5.38. The van der Waals surface area contributed by atoms with Crippen LogP contribution in [-0.4, -0.2) is 44.1 Å². The Morgan fingerprint density at radius 1 is 1.56 bits per heavy atom. The molecule has 1 saturated heterocycles. The Hall–Kier alpha value is -1.33. The van der Waals surface area contributed by atoms with Gasteiger partial charge in [-0.2, -0.15) is 0 Å². The molecule has 2 rings (SSSR count). The summed E-state index contributed by atoms with van der Waals surface area (Å²) in [6.07, 6.45) is 1.53. The standard InChI is InChI=1S/C11H16N2O3/c1-15-8-9-2-7-16-10(9)11(14)13-5-3-12-4-6-13/h2,7,12H,3-6,8H2,1H3. The molecule has 2 heterocycles. The molecule has 1 N–H and O–H groups in total. The molecule has 0 atom stereocenters. The molecule has 0 aliphatic carbocycles. The smallest absolute Gasteiger partial charge is 0.290 e. The molecular formula is C11H16N2O3. The second-order valence-corrected chi connectivity index (χ2v) is 3.75. The van der Waals surface area contributed by atoms with Crippen molar-refractivity contribution in [3.05, 3.63) is 23.7 Å². The van der Waals surface area contributed by atoms with Crippen LogP contribution in [0.3, 0.4) is 0 Å².